The first-order valence-electron chi connectivity index (χ1n) is 8.89. The monoisotopic (exact) mass is 354 g/mol. The fraction of sp³-hybridized carbons (Fsp3) is 0.722. The Morgan fingerprint density at radius 1 is 1.17 bits per heavy atom. The first kappa shape index (κ1) is 17.4. The van der Waals surface area contributed by atoms with Crippen LogP contribution in [0.1, 0.15) is 54.6 Å². The highest BCUT2D eigenvalue weighted by atomic mass is 35.5. The van der Waals surface area contributed by atoms with Crippen molar-refractivity contribution in [1.29, 1.82) is 0 Å². The molecule has 1 aliphatic carbocycles. The van der Waals surface area contributed by atoms with Crippen molar-refractivity contribution in [2.45, 2.75) is 51.0 Å². The Morgan fingerprint density at radius 2 is 1.87 bits per heavy atom. The van der Waals surface area contributed by atoms with E-state index in [4.69, 9.17) is 17.3 Å². The van der Waals surface area contributed by atoms with Gasteiger partial charge in [0.1, 0.15) is 0 Å². The highest BCUT2D eigenvalue weighted by molar-refractivity contribution is 7.18. The van der Waals surface area contributed by atoms with E-state index in [9.17, 15) is 4.79 Å². The molecule has 23 heavy (non-hydrogen) atoms. The molecule has 0 unspecified atom stereocenters. The van der Waals surface area contributed by atoms with Crippen molar-refractivity contribution in [3.8, 4) is 0 Å². The summed E-state index contributed by atoms with van der Waals surface area (Å²) in [7, 11) is 0. The lowest BCUT2D eigenvalue weighted by Gasteiger charge is -2.33. The Bertz CT molecular complexity index is 517. The third kappa shape index (κ3) is 4.79. The van der Waals surface area contributed by atoms with Crippen molar-refractivity contribution in [2.24, 2.45) is 17.6 Å². The lowest BCUT2D eigenvalue weighted by Crippen LogP contribution is -2.37. The summed E-state index contributed by atoms with van der Waals surface area (Å²) in [5.74, 6) is 1.35. The van der Waals surface area contributed by atoms with E-state index in [0.717, 1.165) is 36.7 Å². The Balaban J connectivity index is 1.39. The number of carbonyl (C=O) groups excluding carboxylic acids is 1. The molecule has 2 heterocycles. The number of piperidine rings is 1. The lowest BCUT2D eigenvalue weighted by atomic mass is 9.84. The average molecular weight is 355 g/mol. The van der Waals surface area contributed by atoms with Crippen LogP contribution in [0.25, 0.3) is 0 Å². The number of thiophene rings is 1. The van der Waals surface area contributed by atoms with Gasteiger partial charge in [0, 0.05) is 12.0 Å². The molecule has 0 bridgehead atoms. The normalized spacial score (nSPS) is 27.2. The standard InChI is InChI=1S/C18H27ClN2OS/c19-17-6-5-16(23-17)18(22)14-8-11-21(12-9-14)10-7-13-1-3-15(20)4-2-13/h5-6,13-15H,1-4,7-12,20H2/t13-,15-. The van der Waals surface area contributed by atoms with Gasteiger partial charge >= 0.3 is 0 Å². The molecule has 1 aromatic rings. The van der Waals surface area contributed by atoms with Gasteiger partial charge in [0.2, 0.25) is 0 Å². The summed E-state index contributed by atoms with van der Waals surface area (Å²) in [5, 5.41) is 0. The van der Waals surface area contributed by atoms with Crippen LogP contribution in [0.15, 0.2) is 12.1 Å². The highest BCUT2D eigenvalue weighted by Crippen LogP contribution is 2.29. The Labute approximate surface area is 148 Å². The van der Waals surface area contributed by atoms with Crippen LogP contribution >= 0.6 is 22.9 Å². The smallest absolute Gasteiger partial charge is 0.175 e. The maximum atomic E-state index is 12.5. The van der Waals surface area contributed by atoms with Crippen molar-refractivity contribution >= 4 is 28.7 Å². The minimum Gasteiger partial charge on any atom is -0.328 e. The Kier molecular flexibility index (Phi) is 6.13. The summed E-state index contributed by atoms with van der Waals surface area (Å²) >= 11 is 7.35. The summed E-state index contributed by atoms with van der Waals surface area (Å²) in [6.45, 7) is 3.30. The SMILES string of the molecule is N[C@H]1CC[C@H](CCN2CCC(C(=O)c3ccc(Cl)s3)CC2)CC1. The molecule has 1 saturated carbocycles. The van der Waals surface area contributed by atoms with Crippen LogP contribution in [0.2, 0.25) is 4.34 Å². The Morgan fingerprint density at radius 3 is 2.48 bits per heavy atom. The number of likely N-dealkylation sites (tertiary alicyclic amines) is 1. The fourth-order valence-electron chi connectivity index (χ4n) is 3.91. The largest absolute Gasteiger partial charge is 0.328 e. The van der Waals surface area contributed by atoms with Crippen LogP contribution in [-0.4, -0.2) is 36.4 Å². The first-order chi connectivity index (χ1) is 11.1. The van der Waals surface area contributed by atoms with Crippen LogP contribution in [-0.2, 0) is 0 Å². The predicted molar refractivity (Wildman–Crippen MR) is 97.4 cm³/mol. The van der Waals surface area contributed by atoms with Crippen LogP contribution in [0.3, 0.4) is 0 Å². The number of Topliss-reactive ketones (excluding diaryl/α,β-unsaturated/α-hetero) is 1. The van der Waals surface area contributed by atoms with Gasteiger partial charge in [-0.05, 0) is 82.6 Å². The van der Waals surface area contributed by atoms with E-state index in [-0.39, 0.29) is 5.92 Å². The molecule has 1 saturated heterocycles. The third-order valence-electron chi connectivity index (χ3n) is 5.52. The number of hydrogen-bond donors (Lipinski definition) is 1. The van der Waals surface area contributed by atoms with E-state index in [2.05, 4.69) is 4.90 Å². The minimum atomic E-state index is 0.189. The molecule has 2 fully saturated rings. The summed E-state index contributed by atoms with van der Waals surface area (Å²) in [4.78, 5) is 15.8. The van der Waals surface area contributed by atoms with E-state index in [0.29, 0.717) is 16.2 Å². The number of halogens is 1. The molecule has 1 aromatic heterocycles. The van der Waals surface area contributed by atoms with Crippen molar-refractivity contribution in [3.63, 3.8) is 0 Å². The molecule has 0 radical (unpaired) electrons. The van der Waals surface area contributed by atoms with Gasteiger partial charge in [-0.15, -0.1) is 11.3 Å². The molecule has 0 aromatic carbocycles. The van der Waals surface area contributed by atoms with Gasteiger partial charge < -0.3 is 10.6 Å². The van der Waals surface area contributed by atoms with Crippen molar-refractivity contribution < 1.29 is 4.79 Å². The molecule has 5 heteroatoms. The van der Waals surface area contributed by atoms with E-state index >= 15 is 0 Å². The quantitative estimate of drug-likeness (QED) is 0.806. The molecular weight excluding hydrogens is 328 g/mol. The number of nitrogens with zero attached hydrogens (tertiary/aromatic N) is 1. The van der Waals surface area contributed by atoms with Gasteiger partial charge in [0.15, 0.2) is 5.78 Å². The number of carbonyl (C=O) groups is 1. The summed E-state index contributed by atoms with van der Waals surface area (Å²) < 4.78 is 0.706. The molecule has 0 spiro atoms. The summed E-state index contributed by atoms with van der Waals surface area (Å²) in [6, 6.07) is 4.14. The van der Waals surface area contributed by atoms with E-state index in [1.165, 1.54) is 50.0 Å². The van der Waals surface area contributed by atoms with Crippen molar-refractivity contribution in [1.82, 2.24) is 4.90 Å². The van der Waals surface area contributed by atoms with Crippen molar-refractivity contribution in [2.75, 3.05) is 19.6 Å². The van der Waals surface area contributed by atoms with Crippen LogP contribution in [0.5, 0.6) is 0 Å². The molecule has 0 amide bonds. The second-order valence-corrected chi connectivity index (χ2v) is 8.87. The van der Waals surface area contributed by atoms with Crippen LogP contribution < -0.4 is 5.73 Å². The van der Waals surface area contributed by atoms with Crippen LogP contribution in [0, 0.1) is 11.8 Å². The van der Waals surface area contributed by atoms with Gasteiger partial charge in [-0.1, -0.05) is 11.6 Å². The maximum Gasteiger partial charge on any atom is 0.175 e. The van der Waals surface area contributed by atoms with Gasteiger partial charge in [0.25, 0.3) is 0 Å². The van der Waals surface area contributed by atoms with Crippen LogP contribution in [0.4, 0.5) is 0 Å². The van der Waals surface area contributed by atoms with E-state index in [1.54, 1.807) is 0 Å². The number of ketones is 1. The van der Waals surface area contributed by atoms with Gasteiger partial charge in [-0.25, -0.2) is 0 Å². The highest BCUT2D eigenvalue weighted by Gasteiger charge is 2.27. The second-order valence-electron chi connectivity index (χ2n) is 7.15. The zero-order chi connectivity index (χ0) is 16.2. The molecular formula is C18H27ClN2OS. The second kappa shape index (κ2) is 8.11. The lowest BCUT2D eigenvalue weighted by molar-refractivity contribution is 0.0837. The molecule has 2 aliphatic rings. The van der Waals surface area contributed by atoms with E-state index in [1.807, 2.05) is 12.1 Å². The minimum absolute atomic E-state index is 0.189. The maximum absolute atomic E-state index is 12.5. The van der Waals surface area contributed by atoms with Crippen molar-refractivity contribution in [3.05, 3.63) is 21.3 Å². The number of rotatable bonds is 5. The van der Waals surface area contributed by atoms with Gasteiger partial charge in [-0.3, -0.25) is 4.79 Å². The summed E-state index contributed by atoms with van der Waals surface area (Å²) in [5.41, 5.74) is 5.98. The number of nitrogens with two attached hydrogens (primary N) is 1. The molecule has 2 N–H and O–H groups in total. The zero-order valence-electron chi connectivity index (χ0n) is 13.7. The number of hydrogen-bond acceptors (Lipinski definition) is 4. The Hall–Kier alpha value is -0.420. The topological polar surface area (TPSA) is 46.3 Å². The fourth-order valence-corrected chi connectivity index (χ4v) is 4.97. The molecule has 0 atom stereocenters. The molecule has 3 rings (SSSR count). The first-order valence-corrected chi connectivity index (χ1v) is 10.1. The van der Waals surface area contributed by atoms with E-state index < -0.39 is 0 Å². The third-order valence-corrected chi connectivity index (χ3v) is 6.77. The van der Waals surface area contributed by atoms with Gasteiger partial charge in [0.05, 0.1) is 9.21 Å². The predicted octanol–water partition coefficient (Wildman–Crippen LogP) is 4.20. The van der Waals surface area contributed by atoms with Gasteiger partial charge in [-0.2, -0.15) is 0 Å². The summed E-state index contributed by atoms with van der Waals surface area (Å²) in [6.07, 6.45) is 8.28. The molecule has 128 valence electrons. The average Bonchev–Trinajstić information content (AvgIpc) is 3.01. The molecule has 3 nitrogen and oxygen atoms in total. The zero-order valence-corrected chi connectivity index (χ0v) is 15.2. The molecule has 1 aliphatic heterocycles.